The van der Waals surface area contributed by atoms with Gasteiger partial charge in [-0.05, 0) is 31.5 Å². The maximum absolute atomic E-state index is 3.49. The largest absolute Gasteiger partial charge is 0.316 e. The number of halogens is 1. The van der Waals surface area contributed by atoms with E-state index < -0.39 is 0 Å². The molecular weight excluding hydrogens is 218 g/mol. The van der Waals surface area contributed by atoms with Crippen LogP contribution in [0.15, 0.2) is 30.3 Å². The summed E-state index contributed by atoms with van der Waals surface area (Å²) in [6.07, 6.45) is 6.54. The van der Waals surface area contributed by atoms with Crippen molar-refractivity contribution in [2.45, 2.75) is 39.0 Å². The van der Waals surface area contributed by atoms with Crippen LogP contribution in [0.4, 0.5) is 0 Å². The average molecular weight is 242 g/mol. The summed E-state index contributed by atoms with van der Waals surface area (Å²) in [5, 5.41) is 3.49. The molecule has 0 aliphatic heterocycles. The van der Waals surface area contributed by atoms with Crippen LogP contribution in [0.25, 0.3) is 0 Å². The maximum Gasteiger partial charge on any atom is -0.000835 e. The average Bonchev–Trinajstić information content (AvgIpc) is 2.29. The molecule has 0 saturated heterocycles. The lowest BCUT2D eigenvalue weighted by Gasteiger charge is -2.04. The quantitative estimate of drug-likeness (QED) is 0.683. The zero-order chi connectivity index (χ0) is 10.8. The third kappa shape index (κ3) is 7.72. The number of benzene rings is 1. The Hall–Kier alpha value is -0.530. The molecule has 1 rings (SSSR count). The van der Waals surface area contributed by atoms with Gasteiger partial charge in [-0.2, -0.15) is 0 Å². The Balaban J connectivity index is 0.00000225. The van der Waals surface area contributed by atoms with Gasteiger partial charge in [0.05, 0.1) is 0 Å². The van der Waals surface area contributed by atoms with Crippen LogP contribution in [0.5, 0.6) is 0 Å². The van der Waals surface area contributed by atoms with Crippen LogP contribution in [0.2, 0.25) is 0 Å². The van der Waals surface area contributed by atoms with Gasteiger partial charge >= 0.3 is 0 Å². The standard InChI is InChI=1S/C14H23N.ClH/c1-2-3-4-8-12-15-13-11-14-9-6-5-7-10-14;/h5-7,9-10,15H,2-4,8,11-13H2,1H3;1H. The molecule has 92 valence electrons. The molecule has 1 aromatic rings. The van der Waals surface area contributed by atoms with E-state index in [1.807, 2.05) is 0 Å². The number of hydrogen-bond donors (Lipinski definition) is 1. The molecule has 0 aliphatic carbocycles. The number of unbranched alkanes of at least 4 members (excludes halogenated alkanes) is 3. The monoisotopic (exact) mass is 241 g/mol. The predicted octanol–water partition coefficient (Wildman–Crippen LogP) is 3.82. The molecule has 0 heterocycles. The van der Waals surface area contributed by atoms with E-state index in [2.05, 4.69) is 42.6 Å². The first-order valence-electron chi connectivity index (χ1n) is 6.18. The van der Waals surface area contributed by atoms with Crippen molar-refractivity contribution >= 4 is 12.4 Å². The Kier molecular flexibility index (Phi) is 10.6. The first-order valence-corrected chi connectivity index (χ1v) is 6.18. The highest BCUT2D eigenvalue weighted by atomic mass is 35.5. The Morgan fingerprint density at radius 2 is 1.69 bits per heavy atom. The van der Waals surface area contributed by atoms with Crippen molar-refractivity contribution in [2.24, 2.45) is 0 Å². The fourth-order valence-corrected chi connectivity index (χ4v) is 1.68. The van der Waals surface area contributed by atoms with E-state index in [0.29, 0.717) is 0 Å². The van der Waals surface area contributed by atoms with Crippen molar-refractivity contribution in [3.8, 4) is 0 Å². The SMILES string of the molecule is CCCCCCNCCc1ccccc1.Cl. The summed E-state index contributed by atoms with van der Waals surface area (Å²) in [5.41, 5.74) is 1.43. The van der Waals surface area contributed by atoms with E-state index in [1.165, 1.54) is 37.8 Å². The van der Waals surface area contributed by atoms with Crippen molar-refractivity contribution in [2.75, 3.05) is 13.1 Å². The van der Waals surface area contributed by atoms with Crippen LogP contribution in [-0.2, 0) is 6.42 Å². The molecule has 1 N–H and O–H groups in total. The van der Waals surface area contributed by atoms with Gasteiger partial charge in [0.25, 0.3) is 0 Å². The van der Waals surface area contributed by atoms with Crippen LogP contribution < -0.4 is 5.32 Å². The Bertz CT molecular complexity index is 236. The van der Waals surface area contributed by atoms with Gasteiger partial charge in [-0.25, -0.2) is 0 Å². The van der Waals surface area contributed by atoms with Crippen LogP contribution in [0.3, 0.4) is 0 Å². The molecule has 0 fully saturated rings. The predicted molar refractivity (Wildman–Crippen MR) is 74.4 cm³/mol. The molecule has 0 unspecified atom stereocenters. The zero-order valence-electron chi connectivity index (χ0n) is 10.2. The number of hydrogen-bond acceptors (Lipinski definition) is 1. The summed E-state index contributed by atoms with van der Waals surface area (Å²) in [4.78, 5) is 0. The molecule has 0 spiro atoms. The molecule has 0 amide bonds. The number of nitrogens with one attached hydrogen (secondary N) is 1. The van der Waals surface area contributed by atoms with Gasteiger partial charge < -0.3 is 5.32 Å². The fourth-order valence-electron chi connectivity index (χ4n) is 1.68. The summed E-state index contributed by atoms with van der Waals surface area (Å²) in [6.45, 7) is 4.53. The summed E-state index contributed by atoms with van der Waals surface area (Å²) >= 11 is 0. The maximum atomic E-state index is 3.49. The van der Waals surface area contributed by atoms with Gasteiger partial charge in [0.2, 0.25) is 0 Å². The number of rotatable bonds is 8. The van der Waals surface area contributed by atoms with Crippen LogP contribution in [0.1, 0.15) is 38.2 Å². The van der Waals surface area contributed by atoms with Crippen LogP contribution in [0, 0.1) is 0 Å². The van der Waals surface area contributed by atoms with Gasteiger partial charge in [0.1, 0.15) is 0 Å². The lowest BCUT2D eigenvalue weighted by atomic mass is 10.1. The molecule has 1 nitrogen and oxygen atoms in total. The highest BCUT2D eigenvalue weighted by Gasteiger charge is 1.91. The normalized spacial score (nSPS) is 9.81. The van der Waals surface area contributed by atoms with Gasteiger partial charge in [-0.1, -0.05) is 56.5 Å². The molecule has 0 atom stereocenters. The molecule has 0 aliphatic rings. The molecular formula is C14H24ClN. The molecule has 2 heteroatoms. The minimum absolute atomic E-state index is 0. The molecule has 0 saturated carbocycles. The van der Waals surface area contributed by atoms with E-state index >= 15 is 0 Å². The smallest absolute Gasteiger partial charge is 0.000835 e. The molecule has 0 bridgehead atoms. The fraction of sp³-hybridized carbons (Fsp3) is 0.571. The lowest BCUT2D eigenvalue weighted by molar-refractivity contribution is 0.599. The van der Waals surface area contributed by atoms with Crippen molar-refractivity contribution in [3.63, 3.8) is 0 Å². The molecule has 0 radical (unpaired) electrons. The Labute approximate surface area is 106 Å². The van der Waals surface area contributed by atoms with Crippen molar-refractivity contribution in [3.05, 3.63) is 35.9 Å². The second-order valence-corrected chi connectivity index (χ2v) is 4.05. The second-order valence-electron chi connectivity index (χ2n) is 4.05. The summed E-state index contributed by atoms with van der Waals surface area (Å²) < 4.78 is 0. The topological polar surface area (TPSA) is 12.0 Å². The zero-order valence-corrected chi connectivity index (χ0v) is 11.1. The van der Waals surface area contributed by atoms with E-state index in [4.69, 9.17) is 0 Å². The van der Waals surface area contributed by atoms with Crippen LogP contribution >= 0.6 is 12.4 Å². The van der Waals surface area contributed by atoms with Gasteiger partial charge in [0.15, 0.2) is 0 Å². The van der Waals surface area contributed by atoms with E-state index in [0.717, 1.165) is 13.0 Å². The van der Waals surface area contributed by atoms with Crippen molar-refractivity contribution in [1.82, 2.24) is 5.32 Å². The minimum atomic E-state index is 0. The summed E-state index contributed by atoms with van der Waals surface area (Å²) in [7, 11) is 0. The van der Waals surface area contributed by atoms with Gasteiger partial charge in [0, 0.05) is 0 Å². The highest BCUT2D eigenvalue weighted by Crippen LogP contribution is 1.99. The molecule has 16 heavy (non-hydrogen) atoms. The first-order chi connectivity index (χ1) is 7.43. The Morgan fingerprint density at radius 3 is 2.38 bits per heavy atom. The third-order valence-electron chi connectivity index (χ3n) is 2.64. The highest BCUT2D eigenvalue weighted by molar-refractivity contribution is 5.85. The lowest BCUT2D eigenvalue weighted by Crippen LogP contribution is -2.18. The first kappa shape index (κ1) is 15.5. The van der Waals surface area contributed by atoms with E-state index in [-0.39, 0.29) is 12.4 Å². The second kappa shape index (κ2) is 11.0. The van der Waals surface area contributed by atoms with Crippen LogP contribution in [-0.4, -0.2) is 13.1 Å². The molecule has 0 aromatic heterocycles. The minimum Gasteiger partial charge on any atom is -0.316 e. The van der Waals surface area contributed by atoms with Gasteiger partial charge in [-0.15, -0.1) is 12.4 Å². The molecule has 1 aromatic carbocycles. The Morgan fingerprint density at radius 1 is 0.938 bits per heavy atom. The summed E-state index contributed by atoms with van der Waals surface area (Å²) in [5.74, 6) is 0. The van der Waals surface area contributed by atoms with Crippen molar-refractivity contribution in [1.29, 1.82) is 0 Å². The summed E-state index contributed by atoms with van der Waals surface area (Å²) in [6, 6.07) is 10.7. The van der Waals surface area contributed by atoms with Crippen molar-refractivity contribution < 1.29 is 0 Å². The van der Waals surface area contributed by atoms with Gasteiger partial charge in [-0.3, -0.25) is 0 Å². The third-order valence-corrected chi connectivity index (χ3v) is 2.64. The van der Waals surface area contributed by atoms with E-state index in [1.54, 1.807) is 0 Å². The van der Waals surface area contributed by atoms with E-state index in [9.17, 15) is 0 Å².